The van der Waals surface area contributed by atoms with Crippen LogP contribution in [-0.4, -0.2) is 37.5 Å². The normalized spacial score (nSPS) is 17.1. The van der Waals surface area contributed by atoms with E-state index in [9.17, 15) is 4.79 Å². The number of anilines is 1. The summed E-state index contributed by atoms with van der Waals surface area (Å²) in [6, 6.07) is 5.48. The van der Waals surface area contributed by atoms with Gasteiger partial charge in [0.15, 0.2) is 0 Å². The Balaban J connectivity index is 1.79. The first kappa shape index (κ1) is 14.9. The number of likely N-dealkylation sites (tertiary alicyclic amines) is 1. The van der Waals surface area contributed by atoms with E-state index in [2.05, 4.69) is 17.3 Å². The summed E-state index contributed by atoms with van der Waals surface area (Å²) >= 11 is 0. The average Bonchev–Trinajstić information content (AvgIpc) is 2.44. The van der Waals surface area contributed by atoms with E-state index >= 15 is 0 Å². The zero-order valence-corrected chi connectivity index (χ0v) is 12.5. The van der Waals surface area contributed by atoms with E-state index in [1.165, 1.54) is 25.9 Å². The van der Waals surface area contributed by atoms with Crippen LogP contribution in [0.5, 0.6) is 0 Å². The maximum absolute atomic E-state index is 12.1. The van der Waals surface area contributed by atoms with E-state index in [0.717, 1.165) is 24.4 Å². The van der Waals surface area contributed by atoms with E-state index < -0.39 is 0 Å². The summed E-state index contributed by atoms with van der Waals surface area (Å²) in [6.07, 6.45) is 3.55. The average molecular weight is 275 g/mol. The number of nitrogens with two attached hydrogens (primary N) is 1. The minimum atomic E-state index is -0.0114. The lowest BCUT2D eigenvalue weighted by atomic mass is 9.94. The molecule has 0 bridgehead atoms. The van der Waals surface area contributed by atoms with Gasteiger partial charge in [-0.3, -0.25) is 4.79 Å². The number of carbonyl (C=O) groups excluding carboxylic acids is 1. The van der Waals surface area contributed by atoms with Crippen LogP contribution in [0.25, 0.3) is 0 Å². The summed E-state index contributed by atoms with van der Waals surface area (Å²) in [5.41, 5.74) is 8.06. The van der Waals surface area contributed by atoms with Gasteiger partial charge in [0.05, 0.1) is 0 Å². The summed E-state index contributed by atoms with van der Waals surface area (Å²) in [6.45, 7) is 4.99. The number of hydrogen-bond donors (Lipinski definition) is 2. The van der Waals surface area contributed by atoms with Crippen LogP contribution in [0, 0.1) is 12.8 Å². The number of nitrogens with zero attached hydrogens (tertiary/aromatic N) is 1. The van der Waals surface area contributed by atoms with Crippen LogP contribution in [0.1, 0.15) is 35.2 Å². The number of nitrogen functional groups attached to an aromatic ring is 1. The molecule has 1 aromatic carbocycles. The summed E-state index contributed by atoms with van der Waals surface area (Å²) in [4.78, 5) is 14.5. The molecule has 1 heterocycles. The topological polar surface area (TPSA) is 58.4 Å². The predicted octanol–water partition coefficient (Wildman–Crippen LogP) is 2.04. The molecule has 110 valence electrons. The fourth-order valence-electron chi connectivity index (χ4n) is 2.74. The Morgan fingerprint density at radius 3 is 2.80 bits per heavy atom. The molecule has 0 aliphatic carbocycles. The molecule has 0 spiro atoms. The fraction of sp³-hybridized carbons (Fsp3) is 0.562. The van der Waals surface area contributed by atoms with Crippen LogP contribution in [0.15, 0.2) is 18.2 Å². The molecular formula is C16H25N3O. The number of benzene rings is 1. The third-order valence-corrected chi connectivity index (χ3v) is 4.30. The predicted molar refractivity (Wildman–Crippen MR) is 82.8 cm³/mol. The van der Waals surface area contributed by atoms with Crippen molar-refractivity contribution in [3.05, 3.63) is 29.3 Å². The van der Waals surface area contributed by atoms with Gasteiger partial charge in [-0.15, -0.1) is 0 Å². The van der Waals surface area contributed by atoms with Gasteiger partial charge in [0.25, 0.3) is 5.91 Å². The maximum Gasteiger partial charge on any atom is 0.251 e. The molecule has 20 heavy (non-hydrogen) atoms. The molecule has 4 heteroatoms. The van der Waals surface area contributed by atoms with Crippen molar-refractivity contribution in [2.75, 3.05) is 32.4 Å². The van der Waals surface area contributed by atoms with E-state index in [0.29, 0.717) is 11.3 Å². The quantitative estimate of drug-likeness (QED) is 0.827. The monoisotopic (exact) mass is 275 g/mol. The summed E-state index contributed by atoms with van der Waals surface area (Å²) in [5, 5.41) is 3.02. The van der Waals surface area contributed by atoms with Crippen LogP contribution >= 0.6 is 0 Å². The number of piperidine rings is 1. The highest BCUT2D eigenvalue weighted by Crippen LogP contribution is 2.19. The second-order valence-electron chi connectivity index (χ2n) is 5.81. The van der Waals surface area contributed by atoms with Crippen LogP contribution in [0.3, 0.4) is 0 Å². The summed E-state index contributed by atoms with van der Waals surface area (Å²) in [5.74, 6) is 0.733. The highest BCUT2D eigenvalue weighted by Gasteiger charge is 2.17. The number of nitrogens with one attached hydrogen (secondary N) is 1. The van der Waals surface area contributed by atoms with E-state index in [1.807, 2.05) is 25.1 Å². The van der Waals surface area contributed by atoms with Gasteiger partial charge in [-0.25, -0.2) is 0 Å². The van der Waals surface area contributed by atoms with Crippen LogP contribution in [-0.2, 0) is 0 Å². The van der Waals surface area contributed by atoms with Crippen molar-refractivity contribution in [3.8, 4) is 0 Å². The standard InChI is InChI=1S/C16H25N3O/c1-12-14(4-3-5-15(12)17)16(20)18-9-6-13-7-10-19(2)11-8-13/h3-5,13H,6-11,17H2,1-2H3,(H,18,20). The van der Waals surface area contributed by atoms with Gasteiger partial charge >= 0.3 is 0 Å². The smallest absolute Gasteiger partial charge is 0.251 e. The fourth-order valence-corrected chi connectivity index (χ4v) is 2.74. The Kier molecular flexibility index (Phi) is 5.01. The molecule has 1 aliphatic rings. The third-order valence-electron chi connectivity index (χ3n) is 4.30. The SMILES string of the molecule is Cc1c(N)cccc1C(=O)NCCC1CCN(C)CC1. The van der Waals surface area contributed by atoms with Crippen LogP contribution < -0.4 is 11.1 Å². The zero-order chi connectivity index (χ0) is 14.5. The van der Waals surface area contributed by atoms with E-state index in [-0.39, 0.29) is 5.91 Å². The second kappa shape index (κ2) is 6.75. The third kappa shape index (κ3) is 3.73. The van der Waals surface area contributed by atoms with Crippen molar-refractivity contribution < 1.29 is 4.79 Å². The van der Waals surface area contributed by atoms with Crippen molar-refractivity contribution in [1.82, 2.24) is 10.2 Å². The molecule has 1 aliphatic heterocycles. The van der Waals surface area contributed by atoms with Crippen molar-refractivity contribution in [2.24, 2.45) is 5.92 Å². The number of carbonyl (C=O) groups is 1. The molecule has 1 aromatic rings. The Bertz CT molecular complexity index is 465. The van der Waals surface area contributed by atoms with Gasteiger partial charge in [-0.1, -0.05) is 6.07 Å². The first-order valence-electron chi connectivity index (χ1n) is 7.39. The molecule has 0 atom stereocenters. The van der Waals surface area contributed by atoms with Gasteiger partial charge in [0.1, 0.15) is 0 Å². The molecule has 0 aromatic heterocycles. The van der Waals surface area contributed by atoms with Crippen molar-refractivity contribution in [3.63, 3.8) is 0 Å². The van der Waals surface area contributed by atoms with Gasteiger partial charge in [0, 0.05) is 17.8 Å². The van der Waals surface area contributed by atoms with Crippen molar-refractivity contribution >= 4 is 11.6 Å². The first-order chi connectivity index (χ1) is 9.58. The molecule has 4 nitrogen and oxygen atoms in total. The van der Waals surface area contributed by atoms with Gasteiger partial charge < -0.3 is 16.0 Å². The summed E-state index contributed by atoms with van der Waals surface area (Å²) in [7, 11) is 2.17. The molecule has 0 unspecified atom stereocenters. The molecule has 0 saturated carbocycles. The Labute approximate surface area is 121 Å². The zero-order valence-electron chi connectivity index (χ0n) is 12.5. The lowest BCUT2D eigenvalue weighted by Gasteiger charge is -2.28. The highest BCUT2D eigenvalue weighted by atomic mass is 16.1. The number of hydrogen-bond acceptors (Lipinski definition) is 3. The first-order valence-corrected chi connectivity index (χ1v) is 7.39. The van der Waals surface area contributed by atoms with Crippen LogP contribution in [0.4, 0.5) is 5.69 Å². The molecule has 3 N–H and O–H groups in total. The lowest BCUT2D eigenvalue weighted by Crippen LogP contribution is -2.32. The highest BCUT2D eigenvalue weighted by molar-refractivity contribution is 5.96. The molecular weight excluding hydrogens is 250 g/mol. The number of rotatable bonds is 4. The molecule has 0 radical (unpaired) electrons. The molecule has 2 rings (SSSR count). The lowest BCUT2D eigenvalue weighted by molar-refractivity contribution is 0.0948. The molecule has 1 fully saturated rings. The Morgan fingerprint density at radius 1 is 1.40 bits per heavy atom. The number of amides is 1. The minimum Gasteiger partial charge on any atom is -0.398 e. The second-order valence-corrected chi connectivity index (χ2v) is 5.81. The van der Waals surface area contributed by atoms with Crippen molar-refractivity contribution in [2.45, 2.75) is 26.2 Å². The van der Waals surface area contributed by atoms with Crippen LogP contribution in [0.2, 0.25) is 0 Å². The maximum atomic E-state index is 12.1. The summed E-state index contributed by atoms with van der Waals surface area (Å²) < 4.78 is 0. The Hall–Kier alpha value is -1.55. The van der Waals surface area contributed by atoms with Gasteiger partial charge in [-0.05, 0) is 69.9 Å². The van der Waals surface area contributed by atoms with E-state index in [4.69, 9.17) is 5.73 Å². The van der Waals surface area contributed by atoms with Gasteiger partial charge in [-0.2, -0.15) is 0 Å². The Morgan fingerprint density at radius 2 is 2.10 bits per heavy atom. The van der Waals surface area contributed by atoms with Gasteiger partial charge in [0.2, 0.25) is 0 Å². The largest absolute Gasteiger partial charge is 0.398 e. The van der Waals surface area contributed by atoms with E-state index in [1.54, 1.807) is 0 Å². The molecule has 1 amide bonds. The molecule has 1 saturated heterocycles. The minimum absolute atomic E-state index is 0.0114. The van der Waals surface area contributed by atoms with Crippen molar-refractivity contribution in [1.29, 1.82) is 0 Å².